The predicted octanol–water partition coefficient (Wildman–Crippen LogP) is 1.15. The number of rotatable bonds is 3. The van der Waals surface area contributed by atoms with E-state index in [1.807, 2.05) is 0 Å². The molecule has 150 valence electrons. The Morgan fingerprint density at radius 3 is 2.66 bits per heavy atom. The first kappa shape index (κ1) is 19.4. The molecule has 0 unspecified atom stereocenters. The third-order valence-electron chi connectivity index (χ3n) is 4.98. The number of H-pyrrole nitrogens is 2. The lowest BCUT2D eigenvalue weighted by Crippen LogP contribution is -2.44. The van der Waals surface area contributed by atoms with Crippen LogP contribution >= 0.6 is 0 Å². The zero-order chi connectivity index (χ0) is 20.5. The molecule has 0 saturated carbocycles. The van der Waals surface area contributed by atoms with E-state index in [-0.39, 0.29) is 5.56 Å². The van der Waals surface area contributed by atoms with E-state index in [1.165, 1.54) is 17.0 Å². The molecule has 2 heterocycles. The van der Waals surface area contributed by atoms with Crippen LogP contribution in [0.2, 0.25) is 0 Å². The average Bonchev–Trinajstić information content (AvgIpc) is 2.70. The highest BCUT2D eigenvalue weighted by molar-refractivity contribution is 7.91. The molecule has 1 aliphatic heterocycles. The molecule has 0 spiro atoms. The Morgan fingerprint density at radius 1 is 1.14 bits per heavy atom. The summed E-state index contributed by atoms with van der Waals surface area (Å²) >= 11 is -0.932. The Balaban J connectivity index is 1.67. The van der Waals surface area contributed by atoms with Crippen molar-refractivity contribution in [3.63, 3.8) is 0 Å². The number of carbonyl (C=O) groups is 1. The van der Waals surface area contributed by atoms with Crippen LogP contribution < -0.4 is 11.2 Å². The van der Waals surface area contributed by atoms with Crippen LogP contribution in [0.15, 0.2) is 46.0 Å². The van der Waals surface area contributed by atoms with Crippen LogP contribution in [0.1, 0.15) is 21.5 Å². The molecular weight excluding hydrogens is 397 g/mol. The largest absolute Gasteiger partial charge is 0.616 e. The van der Waals surface area contributed by atoms with Gasteiger partial charge in [-0.15, -0.1) is 0 Å². The van der Waals surface area contributed by atoms with Crippen molar-refractivity contribution in [1.29, 1.82) is 0 Å². The molecule has 0 aliphatic carbocycles. The molecule has 0 bridgehead atoms. The van der Waals surface area contributed by atoms with Crippen molar-refractivity contribution >= 4 is 28.0 Å². The molecule has 4 rings (SSSR count). The normalized spacial score (nSPS) is 15.0. The molecule has 7 nitrogen and oxygen atoms in total. The lowest BCUT2D eigenvalue weighted by Gasteiger charge is -2.28. The summed E-state index contributed by atoms with van der Waals surface area (Å²) in [5, 5.41) is 0.349. The van der Waals surface area contributed by atoms with Crippen molar-refractivity contribution in [1.82, 2.24) is 14.9 Å². The minimum atomic E-state index is -0.932. The van der Waals surface area contributed by atoms with Gasteiger partial charge in [-0.25, -0.2) is 9.18 Å². The van der Waals surface area contributed by atoms with Gasteiger partial charge in [0.25, 0.3) is 11.5 Å². The third kappa shape index (κ3) is 3.96. The van der Waals surface area contributed by atoms with E-state index in [1.54, 1.807) is 24.3 Å². The monoisotopic (exact) mass is 415 g/mol. The van der Waals surface area contributed by atoms with Crippen molar-refractivity contribution in [2.24, 2.45) is 0 Å². The average molecular weight is 415 g/mol. The summed E-state index contributed by atoms with van der Waals surface area (Å²) in [6.45, 7) is 0.672. The molecule has 29 heavy (non-hydrogen) atoms. The van der Waals surface area contributed by atoms with Crippen LogP contribution in [-0.2, 0) is 17.6 Å². The van der Waals surface area contributed by atoms with E-state index in [4.69, 9.17) is 0 Å². The Bertz CT molecular complexity index is 1200. The van der Waals surface area contributed by atoms with Crippen molar-refractivity contribution in [2.75, 3.05) is 24.6 Å². The van der Waals surface area contributed by atoms with Crippen LogP contribution in [0.5, 0.6) is 0 Å². The van der Waals surface area contributed by atoms with Gasteiger partial charge < -0.3 is 14.4 Å². The molecule has 2 aromatic carbocycles. The van der Waals surface area contributed by atoms with Gasteiger partial charge in [0.1, 0.15) is 17.3 Å². The Morgan fingerprint density at radius 2 is 1.90 bits per heavy atom. The van der Waals surface area contributed by atoms with E-state index in [0.29, 0.717) is 53.0 Å². The molecule has 1 aliphatic rings. The molecule has 1 aromatic heterocycles. The van der Waals surface area contributed by atoms with E-state index in [0.717, 1.165) is 0 Å². The lowest BCUT2D eigenvalue weighted by atomic mass is 10.00. The highest BCUT2D eigenvalue weighted by Gasteiger charge is 2.26. The van der Waals surface area contributed by atoms with Crippen LogP contribution in [0, 0.1) is 5.82 Å². The Labute approximate surface area is 167 Å². The van der Waals surface area contributed by atoms with Gasteiger partial charge in [0, 0.05) is 0 Å². The van der Waals surface area contributed by atoms with Gasteiger partial charge in [-0.3, -0.25) is 14.6 Å². The fraction of sp³-hybridized carbons (Fsp3) is 0.250. The standard InChI is InChI=1S/C20H18FN3O4S/c21-16-5-4-12(11-15(16)19(26)24-6-8-29(28)9-7-24)10-13-2-1-3-14-17(13)22-20(27)23-18(14)25/h1-5,11H,6-10H2,(H2,22,23,25,27). The minimum absolute atomic E-state index is 0.0400. The molecule has 0 atom stereocenters. The van der Waals surface area contributed by atoms with Gasteiger partial charge in [0.2, 0.25) is 0 Å². The van der Waals surface area contributed by atoms with Gasteiger partial charge in [-0.05, 0) is 35.7 Å². The van der Waals surface area contributed by atoms with Crippen molar-refractivity contribution in [3.8, 4) is 0 Å². The first-order valence-corrected chi connectivity index (χ1v) is 10.6. The molecule has 1 amide bonds. The smallest absolute Gasteiger partial charge is 0.326 e. The number of nitrogens with one attached hydrogen (secondary N) is 2. The lowest BCUT2D eigenvalue weighted by molar-refractivity contribution is 0.0765. The van der Waals surface area contributed by atoms with E-state index < -0.39 is 34.1 Å². The van der Waals surface area contributed by atoms with Gasteiger partial charge in [-0.2, -0.15) is 0 Å². The van der Waals surface area contributed by atoms with E-state index in [2.05, 4.69) is 9.97 Å². The number of carbonyl (C=O) groups excluding carboxylic acids is 1. The number of hydrogen-bond acceptors (Lipinski definition) is 4. The molecule has 9 heteroatoms. The fourth-order valence-corrected chi connectivity index (χ4v) is 4.53. The second-order valence-electron chi connectivity index (χ2n) is 6.88. The number of nitrogens with zero attached hydrogens (tertiary/aromatic N) is 1. The molecule has 0 radical (unpaired) electrons. The zero-order valence-electron chi connectivity index (χ0n) is 15.4. The maximum absolute atomic E-state index is 14.3. The van der Waals surface area contributed by atoms with Crippen LogP contribution in [-0.4, -0.2) is 49.9 Å². The molecule has 1 fully saturated rings. The van der Waals surface area contributed by atoms with Gasteiger partial charge in [-0.1, -0.05) is 29.4 Å². The van der Waals surface area contributed by atoms with E-state index in [9.17, 15) is 23.3 Å². The fourth-order valence-electron chi connectivity index (χ4n) is 3.48. The van der Waals surface area contributed by atoms with Crippen molar-refractivity contribution < 1.29 is 13.7 Å². The number of aromatic nitrogens is 2. The van der Waals surface area contributed by atoms with Gasteiger partial charge >= 0.3 is 5.69 Å². The number of benzene rings is 2. The number of aromatic amines is 2. The Hall–Kier alpha value is -2.91. The van der Waals surface area contributed by atoms with Crippen LogP contribution in [0.4, 0.5) is 4.39 Å². The number of halogens is 1. The Kier molecular flexibility index (Phi) is 5.25. The first-order chi connectivity index (χ1) is 13.9. The summed E-state index contributed by atoms with van der Waals surface area (Å²) in [6.07, 6.45) is 0.307. The highest BCUT2D eigenvalue weighted by Crippen LogP contribution is 2.20. The van der Waals surface area contributed by atoms with E-state index >= 15 is 0 Å². The summed E-state index contributed by atoms with van der Waals surface area (Å²) in [5.41, 5.74) is 0.641. The second kappa shape index (κ2) is 7.84. The summed E-state index contributed by atoms with van der Waals surface area (Å²) < 4.78 is 25.8. The molecular formula is C20H18FN3O4S. The highest BCUT2D eigenvalue weighted by atomic mass is 32.2. The quantitative estimate of drug-likeness (QED) is 0.626. The number of hydrogen-bond donors (Lipinski definition) is 2. The maximum atomic E-state index is 14.3. The maximum Gasteiger partial charge on any atom is 0.326 e. The van der Waals surface area contributed by atoms with Crippen molar-refractivity contribution in [2.45, 2.75) is 6.42 Å². The SMILES string of the molecule is O=C(c1cc(Cc2cccc3c(=O)[nH]c(=O)[nH]c23)ccc1F)N1CC[S+]([O-])CC1. The summed E-state index contributed by atoms with van der Waals surface area (Å²) in [7, 11) is 0. The number of amides is 1. The summed E-state index contributed by atoms with van der Waals surface area (Å²) in [5.74, 6) is -0.257. The summed E-state index contributed by atoms with van der Waals surface area (Å²) in [4.78, 5) is 42.7. The topological polar surface area (TPSA) is 109 Å². The number of para-hydroxylation sites is 1. The number of fused-ring (bicyclic) bond motifs is 1. The first-order valence-electron chi connectivity index (χ1n) is 9.09. The van der Waals surface area contributed by atoms with Crippen LogP contribution in [0.25, 0.3) is 10.9 Å². The van der Waals surface area contributed by atoms with Crippen LogP contribution in [0.3, 0.4) is 0 Å². The zero-order valence-corrected chi connectivity index (χ0v) is 16.2. The van der Waals surface area contributed by atoms with Gasteiger partial charge in [0.15, 0.2) is 0 Å². The molecule has 2 N–H and O–H groups in total. The van der Waals surface area contributed by atoms with Gasteiger partial charge in [0.05, 0.1) is 29.6 Å². The minimum Gasteiger partial charge on any atom is -0.616 e. The second-order valence-corrected chi connectivity index (χ2v) is 8.58. The molecule has 1 saturated heterocycles. The van der Waals surface area contributed by atoms with Crippen molar-refractivity contribution in [3.05, 3.63) is 79.7 Å². The third-order valence-corrected chi connectivity index (χ3v) is 6.26. The predicted molar refractivity (Wildman–Crippen MR) is 108 cm³/mol. The molecule has 3 aromatic rings. The summed E-state index contributed by atoms with van der Waals surface area (Å²) in [6, 6.07) is 9.38.